The maximum Gasteiger partial charge on any atom is 0.0601 e. The summed E-state index contributed by atoms with van der Waals surface area (Å²) in [7, 11) is 0. The monoisotopic (exact) mass is 152 g/mol. The minimum Gasteiger partial charge on any atom is -0.393 e. The van der Waals surface area contributed by atoms with Gasteiger partial charge in [0.15, 0.2) is 0 Å². The molecule has 4 atom stereocenters. The quantitative estimate of drug-likeness (QED) is 0.607. The van der Waals surface area contributed by atoms with E-state index in [1.54, 1.807) is 0 Å². The molecule has 2 bridgehead atoms. The predicted octanol–water partition coefficient (Wildman–Crippen LogP) is 1.80. The average molecular weight is 152 g/mol. The molecule has 0 saturated heterocycles. The first-order valence-corrected chi connectivity index (χ1v) is 5.04. The third-order valence-electron chi connectivity index (χ3n) is 4.10. The van der Waals surface area contributed by atoms with Gasteiger partial charge in [0.2, 0.25) is 0 Å². The van der Waals surface area contributed by atoms with Gasteiger partial charge >= 0.3 is 0 Å². The summed E-state index contributed by atoms with van der Waals surface area (Å²) in [6, 6.07) is 0. The fraction of sp³-hybridized carbons (Fsp3) is 1.00. The lowest BCUT2D eigenvalue weighted by molar-refractivity contribution is 0.0481. The molecular weight excluding hydrogens is 136 g/mol. The van der Waals surface area contributed by atoms with Crippen molar-refractivity contribution in [1.82, 2.24) is 0 Å². The number of hydrogen-bond donors (Lipinski definition) is 1. The molecule has 0 amide bonds. The zero-order chi connectivity index (χ0) is 7.42. The molecule has 4 unspecified atom stereocenters. The lowest BCUT2D eigenvalue weighted by atomic mass is 9.83. The van der Waals surface area contributed by atoms with Gasteiger partial charge in [0.05, 0.1) is 6.10 Å². The zero-order valence-electron chi connectivity index (χ0n) is 6.87. The first-order chi connectivity index (χ1) is 5.36. The molecule has 0 aromatic heterocycles. The predicted molar refractivity (Wildman–Crippen MR) is 43.1 cm³/mol. The van der Waals surface area contributed by atoms with Crippen molar-refractivity contribution in [3.05, 3.63) is 0 Å². The van der Waals surface area contributed by atoms with Gasteiger partial charge < -0.3 is 5.11 Å². The Labute approximate surface area is 67.8 Å². The van der Waals surface area contributed by atoms with Crippen molar-refractivity contribution in [2.45, 2.75) is 38.2 Å². The number of fused-ring (bicyclic) bond motifs is 2. The van der Waals surface area contributed by atoms with Crippen LogP contribution in [0.5, 0.6) is 0 Å². The SMILES string of the molecule is OC1C2CCC(C2)C1C1CC1. The lowest BCUT2D eigenvalue weighted by Gasteiger charge is -2.26. The summed E-state index contributed by atoms with van der Waals surface area (Å²) in [5, 5.41) is 9.89. The summed E-state index contributed by atoms with van der Waals surface area (Å²) in [5.74, 6) is 3.28. The van der Waals surface area contributed by atoms with Gasteiger partial charge in [-0.25, -0.2) is 0 Å². The molecule has 3 fully saturated rings. The average Bonchev–Trinajstić information content (AvgIpc) is 2.62. The fourth-order valence-corrected chi connectivity index (χ4v) is 3.45. The number of hydrogen-bond acceptors (Lipinski definition) is 1. The summed E-state index contributed by atoms with van der Waals surface area (Å²) >= 11 is 0. The standard InChI is InChI=1S/C10H16O/c11-10-8-4-3-7(5-8)9(10)6-1-2-6/h6-11H,1-5H2. The lowest BCUT2D eigenvalue weighted by Crippen LogP contribution is -2.28. The summed E-state index contributed by atoms with van der Waals surface area (Å²) in [5.41, 5.74) is 0. The smallest absolute Gasteiger partial charge is 0.0601 e. The Morgan fingerprint density at radius 2 is 1.45 bits per heavy atom. The van der Waals surface area contributed by atoms with E-state index in [9.17, 15) is 5.11 Å². The van der Waals surface area contributed by atoms with E-state index in [0.29, 0.717) is 5.92 Å². The highest BCUT2D eigenvalue weighted by Crippen LogP contribution is 2.56. The second-order valence-corrected chi connectivity index (χ2v) is 4.74. The Morgan fingerprint density at radius 3 is 2.00 bits per heavy atom. The van der Waals surface area contributed by atoms with Crippen LogP contribution in [0.2, 0.25) is 0 Å². The summed E-state index contributed by atoms with van der Waals surface area (Å²) in [6.07, 6.45) is 7.00. The molecule has 62 valence electrons. The second-order valence-electron chi connectivity index (χ2n) is 4.74. The topological polar surface area (TPSA) is 20.2 Å². The fourth-order valence-electron chi connectivity index (χ4n) is 3.45. The number of rotatable bonds is 1. The molecule has 1 heteroatoms. The molecule has 3 rings (SSSR count). The Balaban J connectivity index is 1.82. The van der Waals surface area contributed by atoms with Crippen molar-refractivity contribution in [3.63, 3.8) is 0 Å². The van der Waals surface area contributed by atoms with E-state index < -0.39 is 0 Å². The van der Waals surface area contributed by atoms with Crippen LogP contribution in [0.3, 0.4) is 0 Å². The molecule has 3 saturated carbocycles. The van der Waals surface area contributed by atoms with Crippen molar-refractivity contribution < 1.29 is 5.11 Å². The zero-order valence-corrected chi connectivity index (χ0v) is 6.87. The van der Waals surface area contributed by atoms with Crippen LogP contribution in [0, 0.1) is 23.7 Å². The van der Waals surface area contributed by atoms with Crippen LogP contribution >= 0.6 is 0 Å². The Kier molecular flexibility index (Phi) is 1.18. The van der Waals surface area contributed by atoms with E-state index >= 15 is 0 Å². The van der Waals surface area contributed by atoms with Gasteiger partial charge in [0, 0.05) is 0 Å². The summed E-state index contributed by atoms with van der Waals surface area (Å²) < 4.78 is 0. The minimum atomic E-state index is 0.0984. The molecule has 0 spiro atoms. The van der Waals surface area contributed by atoms with Gasteiger partial charge in [-0.15, -0.1) is 0 Å². The van der Waals surface area contributed by atoms with Crippen molar-refractivity contribution in [2.75, 3.05) is 0 Å². The van der Waals surface area contributed by atoms with Gasteiger partial charge in [-0.1, -0.05) is 0 Å². The molecule has 1 nitrogen and oxygen atoms in total. The molecule has 0 radical (unpaired) electrons. The molecular formula is C10H16O. The van der Waals surface area contributed by atoms with Gasteiger partial charge in [0.1, 0.15) is 0 Å². The number of aliphatic hydroxyl groups excluding tert-OH is 1. The van der Waals surface area contributed by atoms with E-state index in [1.807, 2.05) is 0 Å². The van der Waals surface area contributed by atoms with Crippen LogP contribution in [0.25, 0.3) is 0 Å². The van der Waals surface area contributed by atoms with Crippen molar-refractivity contribution >= 4 is 0 Å². The van der Waals surface area contributed by atoms with Gasteiger partial charge in [-0.2, -0.15) is 0 Å². The molecule has 11 heavy (non-hydrogen) atoms. The van der Waals surface area contributed by atoms with Crippen LogP contribution in [0.4, 0.5) is 0 Å². The Hall–Kier alpha value is -0.0400. The summed E-state index contributed by atoms with van der Waals surface area (Å²) in [4.78, 5) is 0. The molecule has 0 aromatic rings. The minimum absolute atomic E-state index is 0.0984. The molecule has 1 N–H and O–H groups in total. The van der Waals surface area contributed by atoms with Gasteiger partial charge in [-0.05, 0) is 55.8 Å². The first-order valence-electron chi connectivity index (χ1n) is 5.04. The van der Waals surface area contributed by atoms with E-state index in [0.717, 1.165) is 17.8 Å². The normalized spacial score (nSPS) is 55.4. The van der Waals surface area contributed by atoms with Crippen LogP contribution < -0.4 is 0 Å². The van der Waals surface area contributed by atoms with Crippen LogP contribution in [0.1, 0.15) is 32.1 Å². The molecule has 0 heterocycles. The van der Waals surface area contributed by atoms with Crippen LogP contribution in [0.15, 0.2) is 0 Å². The molecule has 3 aliphatic carbocycles. The van der Waals surface area contributed by atoms with E-state index in [4.69, 9.17) is 0 Å². The second kappa shape index (κ2) is 2.01. The highest BCUT2D eigenvalue weighted by atomic mass is 16.3. The summed E-state index contributed by atoms with van der Waals surface area (Å²) in [6.45, 7) is 0. The third kappa shape index (κ3) is 0.807. The maximum atomic E-state index is 9.89. The van der Waals surface area contributed by atoms with Crippen LogP contribution in [-0.4, -0.2) is 11.2 Å². The van der Waals surface area contributed by atoms with Crippen molar-refractivity contribution in [3.8, 4) is 0 Å². The third-order valence-corrected chi connectivity index (χ3v) is 4.10. The molecule has 3 aliphatic rings. The molecule has 0 aliphatic heterocycles. The van der Waals surface area contributed by atoms with Gasteiger partial charge in [0.25, 0.3) is 0 Å². The number of aliphatic hydroxyl groups is 1. The highest BCUT2D eigenvalue weighted by Gasteiger charge is 2.52. The van der Waals surface area contributed by atoms with Crippen LogP contribution in [-0.2, 0) is 0 Å². The molecule has 0 aromatic carbocycles. The van der Waals surface area contributed by atoms with E-state index in [1.165, 1.54) is 32.1 Å². The van der Waals surface area contributed by atoms with E-state index in [2.05, 4.69) is 0 Å². The Bertz CT molecular complexity index is 172. The maximum absolute atomic E-state index is 9.89. The van der Waals surface area contributed by atoms with Gasteiger partial charge in [-0.3, -0.25) is 0 Å². The van der Waals surface area contributed by atoms with Crippen molar-refractivity contribution in [1.29, 1.82) is 0 Å². The van der Waals surface area contributed by atoms with E-state index in [-0.39, 0.29) is 6.10 Å². The Morgan fingerprint density at radius 1 is 0.818 bits per heavy atom. The first kappa shape index (κ1) is 6.47. The largest absolute Gasteiger partial charge is 0.393 e. The highest BCUT2D eigenvalue weighted by molar-refractivity contribution is 5.01. The van der Waals surface area contributed by atoms with Crippen molar-refractivity contribution in [2.24, 2.45) is 23.7 Å².